The third-order valence-corrected chi connectivity index (χ3v) is 5.32. The fourth-order valence-electron chi connectivity index (χ4n) is 3.09. The maximum atomic E-state index is 13.5. The van der Waals surface area contributed by atoms with E-state index in [0.29, 0.717) is 24.7 Å². The molecular weight excluding hydrogens is 355 g/mol. The van der Waals surface area contributed by atoms with Crippen LogP contribution in [0.5, 0.6) is 0 Å². The predicted octanol–water partition coefficient (Wildman–Crippen LogP) is 2.82. The van der Waals surface area contributed by atoms with Crippen molar-refractivity contribution in [3.8, 4) is 0 Å². The van der Waals surface area contributed by atoms with Gasteiger partial charge in [0.25, 0.3) is 5.56 Å². The van der Waals surface area contributed by atoms with Crippen molar-refractivity contribution in [3.63, 3.8) is 0 Å². The number of benzene rings is 1. The summed E-state index contributed by atoms with van der Waals surface area (Å²) in [4.78, 5) is 19.5. The molecule has 1 aliphatic rings. The summed E-state index contributed by atoms with van der Waals surface area (Å²) in [7, 11) is 0. The van der Waals surface area contributed by atoms with E-state index in [2.05, 4.69) is 21.9 Å². The van der Waals surface area contributed by atoms with Crippen LogP contribution < -0.4 is 10.5 Å². The molecule has 1 saturated heterocycles. The van der Waals surface area contributed by atoms with Gasteiger partial charge in [-0.15, -0.1) is 5.10 Å². The van der Waals surface area contributed by atoms with Crippen LogP contribution in [0.3, 0.4) is 0 Å². The summed E-state index contributed by atoms with van der Waals surface area (Å²) in [5.74, 6) is -0.276. The number of rotatable bonds is 4. The minimum absolute atomic E-state index is 0.157. The van der Waals surface area contributed by atoms with Crippen LogP contribution >= 0.6 is 11.3 Å². The lowest BCUT2D eigenvalue weighted by Gasteiger charge is -2.32. The van der Waals surface area contributed by atoms with Gasteiger partial charge in [0.1, 0.15) is 11.9 Å². The van der Waals surface area contributed by atoms with Gasteiger partial charge in [-0.3, -0.25) is 4.79 Å². The Labute approximate surface area is 153 Å². The summed E-state index contributed by atoms with van der Waals surface area (Å²) >= 11 is 1.40. The van der Waals surface area contributed by atoms with E-state index in [1.54, 1.807) is 12.1 Å². The zero-order valence-electron chi connectivity index (χ0n) is 14.4. The van der Waals surface area contributed by atoms with Crippen LogP contribution in [0.4, 0.5) is 9.52 Å². The third kappa shape index (κ3) is 3.34. The molecule has 2 aromatic heterocycles. The van der Waals surface area contributed by atoms with Crippen molar-refractivity contribution in [2.24, 2.45) is 0 Å². The molecule has 1 unspecified atom stereocenters. The fourth-order valence-corrected chi connectivity index (χ4v) is 4.05. The molecule has 0 N–H and O–H groups in total. The first-order valence-corrected chi connectivity index (χ1v) is 9.47. The largest absolute Gasteiger partial charge is 0.370 e. The molecule has 0 aliphatic carbocycles. The van der Waals surface area contributed by atoms with Crippen molar-refractivity contribution in [1.82, 2.24) is 14.6 Å². The molecule has 0 bridgehead atoms. The lowest BCUT2D eigenvalue weighted by molar-refractivity contribution is 0.0395. The predicted molar refractivity (Wildman–Crippen MR) is 98.4 cm³/mol. The lowest BCUT2D eigenvalue weighted by Crippen LogP contribution is -2.38. The molecule has 3 aromatic rings. The van der Waals surface area contributed by atoms with E-state index < -0.39 is 0 Å². The number of morpholine rings is 1. The number of anilines is 1. The fraction of sp³-hybridized carbons (Fsp3) is 0.389. The van der Waals surface area contributed by atoms with Gasteiger partial charge in [0.2, 0.25) is 10.1 Å². The third-order valence-electron chi connectivity index (χ3n) is 4.35. The van der Waals surface area contributed by atoms with E-state index in [0.717, 1.165) is 29.2 Å². The highest BCUT2D eigenvalue weighted by atomic mass is 32.1. The summed E-state index contributed by atoms with van der Waals surface area (Å²) < 4.78 is 20.7. The second-order valence-corrected chi connectivity index (χ2v) is 7.21. The van der Waals surface area contributed by atoms with Crippen molar-refractivity contribution in [1.29, 1.82) is 0 Å². The summed E-state index contributed by atoms with van der Waals surface area (Å²) in [6.07, 6.45) is 1.48. The SMILES string of the molecule is CCCc1cc(=O)n2nc(N3CCOC(c4cccc(F)c4)C3)sc2n1. The smallest absolute Gasteiger partial charge is 0.275 e. The standard InChI is InChI=1S/C18H19FN4O2S/c1-2-4-14-10-16(24)23-17(20-14)26-18(21-23)22-7-8-25-15(11-22)12-5-3-6-13(19)9-12/h3,5-6,9-10,15H,2,4,7-8,11H2,1H3. The minimum atomic E-state index is -0.276. The van der Waals surface area contributed by atoms with E-state index in [1.165, 1.54) is 28.0 Å². The van der Waals surface area contributed by atoms with E-state index in [1.807, 2.05) is 6.07 Å². The number of hydrogen-bond acceptors (Lipinski definition) is 6. The number of fused-ring (bicyclic) bond motifs is 1. The van der Waals surface area contributed by atoms with Gasteiger partial charge in [0.05, 0.1) is 13.2 Å². The van der Waals surface area contributed by atoms with Gasteiger partial charge in [0.15, 0.2) is 0 Å². The van der Waals surface area contributed by atoms with Crippen LogP contribution in [-0.4, -0.2) is 34.3 Å². The average molecular weight is 374 g/mol. The molecule has 136 valence electrons. The van der Waals surface area contributed by atoms with Gasteiger partial charge in [0, 0.05) is 18.3 Å². The molecular formula is C18H19FN4O2S. The van der Waals surface area contributed by atoms with E-state index in [4.69, 9.17) is 4.74 Å². The molecule has 1 aromatic carbocycles. The Morgan fingerprint density at radius 3 is 3.08 bits per heavy atom. The first kappa shape index (κ1) is 17.1. The summed E-state index contributed by atoms with van der Waals surface area (Å²) in [6, 6.07) is 8.01. The number of aryl methyl sites for hydroxylation is 1. The molecule has 0 amide bonds. The van der Waals surface area contributed by atoms with E-state index >= 15 is 0 Å². The number of halogens is 1. The van der Waals surface area contributed by atoms with Crippen molar-refractivity contribution in [2.75, 3.05) is 24.6 Å². The monoisotopic (exact) mass is 374 g/mol. The number of aromatic nitrogens is 3. The van der Waals surface area contributed by atoms with Gasteiger partial charge in [-0.2, -0.15) is 4.52 Å². The molecule has 1 fully saturated rings. The maximum absolute atomic E-state index is 13.5. The van der Waals surface area contributed by atoms with Crippen LogP contribution in [-0.2, 0) is 11.2 Å². The molecule has 8 heteroatoms. The summed E-state index contributed by atoms with van der Waals surface area (Å²) in [5, 5.41) is 5.17. The molecule has 26 heavy (non-hydrogen) atoms. The molecule has 1 atom stereocenters. The van der Waals surface area contributed by atoms with Crippen LogP contribution in [0, 0.1) is 5.82 Å². The first-order valence-electron chi connectivity index (χ1n) is 8.66. The highest BCUT2D eigenvalue weighted by molar-refractivity contribution is 7.20. The number of ether oxygens (including phenoxy) is 1. The zero-order valence-corrected chi connectivity index (χ0v) is 15.2. The van der Waals surface area contributed by atoms with Crippen molar-refractivity contribution >= 4 is 21.4 Å². The quantitative estimate of drug-likeness (QED) is 0.703. The number of hydrogen-bond donors (Lipinski definition) is 0. The van der Waals surface area contributed by atoms with Crippen LogP contribution in [0.2, 0.25) is 0 Å². The molecule has 0 radical (unpaired) electrons. The maximum Gasteiger partial charge on any atom is 0.275 e. The van der Waals surface area contributed by atoms with Gasteiger partial charge in [-0.1, -0.05) is 36.8 Å². The van der Waals surface area contributed by atoms with E-state index in [9.17, 15) is 9.18 Å². The van der Waals surface area contributed by atoms with Crippen molar-refractivity contribution in [3.05, 3.63) is 57.8 Å². The Hall–Kier alpha value is -2.32. The van der Waals surface area contributed by atoms with Crippen LogP contribution in [0.25, 0.3) is 4.96 Å². The van der Waals surface area contributed by atoms with E-state index in [-0.39, 0.29) is 17.5 Å². The molecule has 4 rings (SSSR count). The highest BCUT2D eigenvalue weighted by Crippen LogP contribution is 2.28. The highest BCUT2D eigenvalue weighted by Gasteiger charge is 2.25. The Morgan fingerprint density at radius 1 is 1.38 bits per heavy atom. The molecule has 3 heterocycles. The Balaban J connectivity index is 1.62. The Bertz CT molecular complexity index is 987. The molecule has 1 aliphatic heterocycles. The van der Waals surface area contributed by atoms with Crippen LogP contribution in [0.1, 0.15) is 30.7 Å². The van der Waals surface area contributed by atoms with Gasteiger partial charge in [-0.05, 0) is 24.1 Å². The number of nitrogens with zero attached hydrogens (tertiary/aromatic N) is 4. The zero-order chi connectivity index (χ0) is 18.1. The molecule has 6 nitrogen and oxygen atoms in total. The molecule has 0 spiro atoms. The topological polar surface area (TPSA) is 59.7 Å². The van der Waals surface area contributed by atoms with Gasteiger partial charge < -0.3 is 9.64 Å². The first-order chi connectivity index (χ1) is 12.6. The second kappa shape index (κ2) is 7.13. The second-order valence-electron chi connectivity index (χ2n) is 6.28. The van der Waals surface area contributed by atoms with Gasteiger partial charge in [-0.25, -0.2) is 9.37 Å². The average Bonchev–Trinajstić information content (AvgIpc) is 3.07. The summed E-state index contributed by atoms with van der Waals surface area (Å²) in [6.45, 7) is 3.80. The Kier molecular flexibility index (Phi) is 4.69. The lowest BCUT2D eigenvalue weighted by atomic mass is 10.1. The Morgan fingerprint density at radius 2 is 2.27 bits per heavy atom. The summed E-state index contributed by atoms with van der Waals surface area (Å²) in [5.41, 5.74) is 1.44. The normalized spacial score (nSPS) is 17.8. The van der Waals surface area contributed by atoms with Crippen molar-refractivity contribution in [2.45, 2.75) is 25.9 Å². The van der Waals surface area contributed by atoms with Crippen LogP contribution in [0.15, 0.2) is 35.1 Å². The molecule has 0 saturated carbocycles. The minimum Gasteiger partial charge on any atom is -0.370 e. The van der Waals surface area contributed by atoms with Crippen molar-refractivity contribution < 1.29 is 9.13 Å². The van der Waals surface area contributed by atoms with Gasteiger partial charge >= 0.3 is 0 Å².